The lowest BCUT2D eigenvalue weighted by Gasteiger charge is -2.41. The summed E-state index contributed by atoms with van der Waals surface area (Å²) in [5.41, 5.74) is 0. The van der Waals surface area contributed by atoms with Crippen molar-refractivity contribution >= 4 is 65.0 Å². The maximum atomic E-state index is 15.1. The summed E-state index contributed by atoms with van der Waals surface area (Å²) in [5.74, 6) is -9.47. The molecule has 5 N–H and O–H groups in total. The fourth-order valence-electron chi connectivity index (χ4n) is 10.8. The van der Waals surface area contributed by atoms with Crippen molar-refractivity contribution in [1.82, 2.24) is 55.6 Å². The van der Waals surface area contributed by atoms with Crippen molar-refractivity contribution in [3.8, 4) is 0 Å². The van der Waals surface area contributed by atoms with Gasteiger partial charge in [-0.3, -0.25) is 52.7 Å². The Balaban J connectivity index is 4.33. The van der Waals surface area contributed by atoms with E-state index < -0.39 is 156 Å². The zero-order valence-corrected chi connectivity index (χ0v) is 55.9. The summed E-state index contributed by atoms with van der Waals surface area (Å²) in [6, 6.07) is -12.2. The second-order valence-electron chi connectivity index (χ2n) is 25.5. The molecule has 0 aromatic rings. The van der Waals surface area contributed by atoms with Crippen molar-refractivity contribution in [2.24, 2.45) is 35.5 Å². The first-order valence-corrected chi connectivity index (χ1v) is 30.7. The predicted octanol–water partition coefficient (Wildman–Crippen LogP) is 3.41. The van der Waals surface area contributed by atoms with Crippen LogP contribution in [0.5, 0.6) is 0 Å². The topological polar surface area (TPSA) is 279 Å². The van der Waals surface area contributed by atoms with Gasteiger partial charge in [0.15, 0.2) is 0 Å². The van der Waals surface area contributed by atoms with Crippen LogP contribution in [0.25, 0.3) is 0 Å². The Morgan fingerprint density at radius 2 is 0.929 bits per heavy atom. The molecule has 1 aliphatic heterocycles. The van der Waals surface area contributed by atoms with Crippen LogP contribution >= 0.6 is 0 Å². The van der Waals surface area contributed by atoms with Gasteiger partial charge in [0.2, 0.25) is 65.0 Å². The molecule has 1 aliphatic rings. The molecular formula is C62H111N11O12. The van der Waals surface area contributed by atoms with Gasteiger partial charge in [0.05, 0.1) is 12.6 Å². The van der Waals surface area contributed by atoms with E-state index in [0.717, 1.165) is 9.80 Å². The number of rotatable bonds is 16. The number of allylic oxidation sites excluding steroid dienone is 2. The Bertz CT molecular complexity index is 2310. The van der Waals surface area contributed by atoms with Gasteiger partial charge in [0.1, 0.15) is 60.4 Å². The van der Waals surface area contributed by atoms with Crippen LogP contribution < -0.4 is 21.3 Å². The van der Waals surface area contributed by atoms with Gasteiger partial charge >= 0.3 is 0 Å². The van der Waals surface area contributed by atoms with Gasteiger partial charge in [-0.15, -0.1) is 0 Å². The summed E-state index contributed by atoms with van der Waals surface area (Å²) in [5, 5.41) is 23.2. The van der Waals surface area contributed by atoms with Gasteiger partial charge in [-0.05, 0) is 94.3 Å². The molecule has 1 fully saturated rings. The Hall–Kier alpha value is -6.13. The van der Waals surface area contributed by atoms with E-state index >= 15 is 9.59 Å². The molecule has 0 saturated carbocycles. The number of hydrogen-bond acceptors (Lipinski definition) is 12. The van der Waals surface area contributed by atoms with Crippen molar-refractivity contribution in [2.75, 3.05) is 55.9 Å². The normalized spacial score (nSPS) is 26.8. The fraction of sp³-hybridized carbons (Fsp3) is 0.790. The second-order valence-corrected chi connectivity index (χ2v) is 25.5. The van der Waals surface area contributed by atoms with Gasteiger partial charge < -0.3 is 60.7 Å². The van der Waals surface area contributed by atoms with Crippen LogP contribution in [-0.4, -0.2) is 227 Å². The van der Waals surface area contributed by atoms with Crippen molar-refractivity contribution < 1.29 is 57.8 Å². The molecule has 486 valence electrons. The standard InChI is InChI=1S/C62H111N11O12/c1-24-28-30-40(15)52(75)51-56(79)65-43(27-4)58(81)67(17)34-48(74)68(18)44(29-25-2)54(77)66-49(38(11)12)61(84)69(19)45(31-35(5)6)55(78)64-42(26-3)53(76)63-41(16)57(80)70(20)46(32-36(7)8)59(82)71(21)47(33-37(9)10)60(83)72(22)50(39(13)14)62(85)73(51)23/h24,28,35-47,49-52,75H,25-27,29-34H2,1-23H3,(H,63,76)(H,64,78)(H,65,79)(H,66,77)/b28-24+/t40-,41-,42+,43+,44+,45+,46+,47-,49+,50+,51+,52-/m1/s1. The highest BCUT2D eigenvalue weighted by Crippen LogP contribution is 2.25. The molecule has 1 heterocycles. The second kappa shape index (κ2) is 35.5. The summed E-state index contributed by atoms with van der Waals surface area (Å²) in [4.78, 5) is 169. The minimum absolute atomic E-state index is 0.0255. The maximum absolute atomic E-state index is 15.1. The number of amides is 11. The number of nitrogens with zero attached hydrogens (tertiary/aromatic N) is 7. The molecule has 85 heavy (non-hydrogen) atoms. The van der Waals surface area contributed by atoms with Gasteiger partial charge in [-0.25, -0.2) is 0 Å². The number of aliphatic hydroxyl groups excluding tert-OH is 1. The SMILES string of the molecule is C/C=C/C[C@@H](C)[C@@H](O)[C@H]1C(=O)N[C@@H](CC)C(=O)N(C)CC(=O)N(C)[C@@H](CCC)C(=O)N[C@@H](C(C)C)C(=O)N(C)[C@@H](CC(C)C)C(=O)N[C@@H](CC)C(=O)N[C@H](C)C(=O)N(C)[C@@H](CC(C)C)C(=O)N(C)[C@H](CC(C)C)C(=O)N(C)[C@@H](C(C)C)C(=O)N1C. The number of likely N-dealkylation sites (N-methyl/N-ethyl adjacent to an activating group) is 7. The highest BCUT2D eigenvalue weighted by atomic mass is 16.3. The Kier molecular flexibility index (Phi) is 32.1. The monoisotopic (exact) mass is 1200 g/mol. The van der Waals surface area contributed by atoms with Gasteiger partial charge in [0, 0.05) is 49.3 Å². The molecule has 0 aliphatic carbocycles. The molecule has 0 bridgehead atoms. The molecule has 0 aromatic carbocycles. The number of aliphatic hydroxyl groups is 1. The average molecular weight is 1200 g/mol. The summed E-state index contributed by atoms with van der Waals surface area (Å²) in [6.07, 6.45) is 3.60. The largest absolute Gasteiger partial charge is 0.390 e. The molecule has 23 nitrogen and oxygen atoms in total. The number of carbonyl (C=O) groups is 11. The van der Waals surface area contributed by atoms with Crippen LogP contribution in [0.1, 0.15) is 162 Å². The smallest absolute Gasteiger partial charge is 0.246 e. The van der Waals surface area contributed by atoms with E-state index in [2.05, 4.69) is 21.3 Å². The molecule has 0 spiro atoms. The maximum Gasteiger partial charge on any atom is 0.246 e. The van der Waals surface area contributed by atoms with Crippen molar-refractivity contribution in [2.45, 2.75) is 229 Å². The summed E-state index contributed by atoms with van der Waals surface area (Å²) >= 11 is 0. The zero-order valence-electron chi connectivity index (χ0n) is 55.9. The Labute approximate surface area is 508 Å². The van der Waals surface area contributed by atoms with E-state index in [9.17, 15) is 48.3 Å². The lowest BCUT2D eigenvalue weighted by Crippen LogP contribution is -2.63. The number of nitrogens with one attached hydrogen (secondary N) is 4. The Morgan fingerprint density at radius 1 is 0.482 bits per heavy atom. The van der Waals surface area contributed by atoms with Crippen molar-refractivity contribution in [3.05, 3.63) is 12.2 Å². The highest BCUT2D eigenvalue weighted by Gasteiger charge is 2.45. The molecule has 0 unspecified atom stereocenters. The van der Waals surface area contributed by atoms with E-state index in [-0.39, 0.29) is 56.3 Å². The first kappa shape index (κ1) is 76.9. The molecule has 11 amide bonds. The molecule has 23 heteroatoms. The minimum atomic E-state index is -1.61. The first-order valence-electron chi connectivity index (χ1n) is 30.7. The molecule has 0 aromatic heterocycles. The van der Waals surface area contributed by atoms with Crippen LogP contribution in [0.2, 0.25) is 0 Å². The van der Waals surface area contributed by atoms with Crippen LogP contribution in [0.3, 0.4) is 0 Å². The average Bonchev–Trinajstić information content (AvgIpc) is 3.48. The summed E-state index contributed by atoms with van der Waals surface area (Å²) < 4.78 is 0. The van der Waals surface area contributed by atoms with E-state index in [1.165, 1.54) is 80.8 Å². The Morgan fingerprint density at radius 3 is 1.39 bits per heavy atom. The van der Waals surface area contributed by atoms with E-state index in [4.69, 9.17) is 0 Å². The third-order valence-corrected chi connectivity index (χ3v) is 16.2. The van der Waals surface area contributed by atoms with Crippen LogP contribution in [-0.2, 0) is 52.7 Å². The van der Waals surface area contributed by atoms with E-state index in [0.29, 0.717) is 12.8 Å². The predicted molar refractivity (Wildman–Crippen MR) is 329 cm³/mol. The molecular weight excluding hydrogens is 1090 g/mol. The van der Waals surface area contributed by atoms with Crippen molar-refractivity contribution in [3.63, 3.8) is 0 Å². The minimum Gasteiger partial charge on any atom is -0.390 e. The molecule has 0 radical (unpaired) electrons. The van der Waals surface area contributed by atoms with Crippen LogP contribution in [0.4, 0.5) is 0 Å². The quantitative estimate of drug-likeness (QED) is 0.139. The third-order valence-electron chi connectivity index (χ3n) is 16.2. The third kappa shape index (κ3) is 21.4. The van der Waals surface area contributed by atoms with Crippen LogP contribution in [0, 0.1) is 35.5 Å². The lowest BCUT2D eigenvalue weighted by molar-refractivity contribution is -0.157. The van der Waals surface area contributed by atoms with E-state index in [1.807, 2.05) is 54.5 Å². The molecule has 1 rings (SSSR count). The highest BCUT2D eigenvalue weighted by molar-refractivity contribution is 5.99. The van der Waals surface area contributed by atoms with Crippen molar-refractivity contribution in [1.29, 1.82) is 0 Å². The molecule has 12 atom stereocenters. The first-order chi connectivity index (χ1) is 39.4. The molecule has 1 saturated heterocycles. The zero-order chi connectivity index (χ0) is 65.8. The number of carbonyl (C=O) groups excluding carboxylic acids is 11. The lowest BCUT2D eigenvalue weighted by atomic mass is 9.91. The number of hydrogen-bond donors (Lipinski definition) is 5. The fourth-order valence-corrected chi connectivity index (χ4v) is 10.8. The van der Waals surface area contributed by atoms with Gasteiger partial charge in [0.25, 0.3) is 0 Å². The van der Waals surface area contributed by atoms with Crippen LogP contribution in [0.15, 0.2) is 12.2 Å². The van der Waals surface area contributed by atoms with Gasteiger partial charge in [-0.2, -0.15) is 0 Å². The summed E-state index contributed by atoms with van der Waals surface area (Å²) in [7, 11) is 9.93. The summed E-state index contributed by atoms with van der Waals surface area (Å²) in [6.45, 7) is 27.7. The van der Waals surface area contributed by atoms with Gasteiger partial charge in [-0.1, -0.05) is 116 Å². The van der Waals surface area contributed by atoms with E-state index in [1.54, 1.807) is 61.5 Å².